The molecular weight excluding hydrogens is 346 g/mol. The number of rotatable bonds is 8. The van der Waals surface area contributed by atoms with Crippen LogP contribution < -0.4 is 16.4 Å². The molecule has 1 unspecified atom stereocenters. The van der Waals surface area contributed by atoms with Crippen LogP contribution in [-0.4, -0.2) is 60.6 Å². The van der Waals surface area contributed by atoms with Gasteiger partial charge in [-0.1, -0.05) is 39.0 Å². The fourth-order valence-corrected chi connectivity index (χ4v) is 5.27. The predicted octanol–water partition coefficient (Wildman–Crippen LogP) is 2.78. The molecule has 5 nitrogen and oxygen atoms in total. The topological polar surface area (TPSA) is 56.6 Å². The Labute approximate surface area is 172 Å². The number of nitrogens with two attached hydrogens (primary N) is 1. The third kappa shape index (κ3) is 4.57. The molecule has 0 aromatic carbocycles. The lowest BCUT2D eigenvalue weighted by molar-refractivity contribution is 0.0807. The molecule has 4 atom stereocenters. The summed E-state index contributed by atoms with van der Waals surface area (Å²) in [5.41, 5.74) is 9.26. The lowest BCUT2D eigenvalue weighted by Crippen LogP contribution is -2.59. The van der Waals surface area contributed by atoms with E-state index in [0.717, 1.165) is 24.5 Å². The van der Waals surface area contributed by atoms with Gasteiger partial charge in [-0.2, -0.15) is 0 Å². The second kappa shape index (κ2) is 9.36. The minimum Gasteiger partial charge on any atom is -0.401 e. The maximum atomic E-state index is 6.28. The van der Waals surface area contributed by atoms with Crippen LogP contribution in [0.15, 0.2) is 36.8 Å². The SMILES string of the molecule is C=C(NC(C(=C)N1C[C@H]2CCCN2C[C@H]1C(=C)N)C1CCCCC1)[C@H](C)NC. The van der Waals surface area contributed by atoms with Crippen molar-refractivity contribution in [3.63, 3.8) is 0 Å². The first-order valence-electron chi connectivity index (χ1n) is 11.2. The van der Waals surface area contributed by atoms with Crippen molar-refractivity contribution in [3.05, 3.63) is 36.8 Å². The van der Waals surface area contributed by atoms with Gasteiger partial charge in [0, 0.05) is 42.3 Å². The number of likely N-dealkylation sites (N-methyl/N-ethyl adjacent to an activating group) is 1. The molecule has 3 rings (SSSR count). The van der Waals surface area contributed by atoms with E-state index in [1.807, 2.05) is 7.05 Å². The van der Waals surface area contributed by atoms with Gasteiger partial charge in [0.2, 0.25) is 0 Å². The number of hydrogen-bond donors (Lipinski definition) is 3. The highest BCUT2D eigenvalue weighted by molar-refractivity contribution is 5.20. The van der Waals surface area contributed by atoms with Gasteiger partial charge < -0.3 is 21.3 Å². The summed E-state index contributed by atoms with van der Waals surface area (Å²) in [6.07, 6.45) is 9.06. The number of fused-ring (bicyclic) bond motifs is 1. The zero-order chi connectivity index (χ0) is 20.3. The smallest absolute Gasteiger partial charge is 0.0805 e. The van der Waals surface area contributed by atoms with Gasteiger partial charge in [0.15, 0.2) is 0 Å². The molecule has 5 heteroatoms. The quantitative estimate of drug-likeness (QED) is 0.598. The average molecular weight is 388 g/mol. The van der Waals surface area contributed by atoms with E-state index in [4.69, 9.17) is 5.73 Å². The van der Waals surface area contributed by atoms with Crippen LogP contribution in [0, 0.1) is 5.92 Å². The largest absolute Gasteiger partial charge is 0.401 e. The second-order valence-corrected chi connectivity index (χ2v) is 9.08. The van der Waals surface area contributed by atoms with E-state index in [1.54, 1.807) is 0 Å². The molecule has 0 radical (unpaired) electrons. The fraction of sp³-hybridized carbons (Fsp3) is 0.739. The summed E-state index contributed by atoms with van der Waals surface area (Å²) in [5, 5.41) is 7.07. The molecule has 1 saturated carbocycles. The molecular formula is C23H41N5. The van der Waals surface area contributed by atoms with Crippen molar-refractivity contribution in [2.45, 2.75) is 76.0 Å². The summed E-state index contributed by atoms with van der Waals surface area (Å²) < 4.78 is 0. The molecule has 0 aromatic rings. The van der Waals surface area contributed by atoms with Crippen molar-refractivity contribution in [3.8, 4) is 0 Å². The first-order valence-corrected chi connectivity index (χ1v) is 11.2. The minimum atomic E-state index is 0.157. The number of hydrogen-bond acceptors (Lipinski definition) is 5. The van der Waals surface area contributed by atoms with E-state index in [1.165, 1.54) is 57.2 Å². The van der Waals surface area contributed by atoms with Crippen molar-refractivity contribution in [1.82, 2.24) is 20.4 Å². The Hall–Kier alpha value is -1.46. The maximum absolute atomic E-state index is 6.28. The summed E-state index contributed by atoms with van der Waals surface area (Å²) in [6.45, 7) is 18.4. The lowest BCUT2D eigenvalue weighted by Gasteiger charge is -2.48. The van der Waals surface area contributed by atoms with Crippen molar-refractivity contribution >= 4 is 0 Å². The van der Waals surface area contributed by atoms with Gasteiger partial charge in [-0.05, 0) is 52.1 Å². The van der Waals surface area contributed by atoms with Gasteiger partial charge in [0.25, 0.3) is 0 Å². The van der Waals surface area contributed by atoms with Gasteiger partial charge >= 0.3 is 0 Å². The Morgan fingerprint density at radius 3 is 2.39 bits per heavy atom. The molecule has 3 aliphatic rings. The molecule has 0 spiro atoms. The molecule has 2 saturated heterocycles. The van der Waals surface area contributed by atoms with E-state index >= 15 is 0 Å². The summed E-state index contributed by atoms with van der Waals surface area (Å²) in [4.78, 5) is 5.07. The molecule has 4 N–H and O–H groups in total. The van der Waals surface area contributed by atoms with Crippen LogP contribution in [-0.2, 0) is 0 Å². The van der Waals surface area contributed by atoms with Crippen LogP contribution in [0.1, 0.15) is 51.9 Å². The Bertz CT molecular complexity index is 580. The molecule has 0 bridgehead atoms. The molecule has 0 amide bonds. The van der Waals surface area contributed by atoms with Gasteiger partial charge in [-0.3, -0.25) is 4.90 Å². The first-order chi connectivity index (χ1) is 13.4. The van der Waals surface area contributed by atoms with Crippen molar-refractivity contribution in [2.24, 2.45) is 11.7 Å². The lowest BCUT2D eigenvalue weighted by atomic mass is 9.81. The summed E-state index contributed by atoms with van der Waals surface area (Å²) in [5.74, 6) is 0.607. The van der Waals surface area contributed by atoms with Crippen molar-refractivity contribution < 1.29 is 0 Å². The van der Waals surface area contributed by atoms with Crippen molar-refractivity contribution in [1.29, 1.82) is 0 Å². The molecule has 0 aromatic heterocycles. The number of nitrogens with zero attached hydrogens (tertiary/aromatic N) is 2. The van der Waals surface area contributed by atoms with Gasteiger partial charge in [-0.25, -0.2) is 0 Å². The monoisotopic (exact) mass is 387 g/mol. The Kier molecular flexibility index (Phi) is 7.10. The Morgan fingerprint density at radius 2 is 1.75 bits per heavy atom. The predicted molar refractivity (Wildman–Crippen MR) is 119 cm³/mol. The zero-order valence-electron chi connectivity index (χ0n) is 18.1. The summed E-state index contributed by atoms with van der Waals surface area (Å²) in [7, 11) is 1.98. The highest BCUT2D eigenvalue weighted by Gasteiger charge is 2.40. The van der Waals surface area contributed by atoms with Crippen LogP contribution >= 0.6 is 0 Å². The van der Waals surface area contributed by atoms with Crippen LogP contribution in [0.5, 0.6) is 0 Å². The van der Waals surface area contributed by atoms with Gasteiger partial charge in [0.1, 0.15) is 0 Å². The Balaban J connectivity index is 1.81. The number of nitrogens with one attached hydrogen (secondary N) is 2. The van der Waals surface area contributed by atoms with E-state index < -0.39 is 0 Å². The second-order valence-electron chi connectivity index (χ2n) is 9.08. The molecule has 1 aliphatic carbocycles. The van der Waals surface area contributed by atoms with E-state index in [2.05, 4.69) is 47.1 Å². The molecule has 28 heavy (non-hydrogen) atoms. The van der Waals surface area contributed by atoms with E-state index in [0.29, 0.717) is 12.0 Å². The molecule has 2 aliphatic heterocycles. The highest BCUT2D eigenvalue weighted by atomic mass is 15.3. The normalized spacial score (nSPS) is 28.4. The van der Waals surface area contributed by atoms with Gasteiger partial charge in [0.05, 0.1) is 12.1 Å². The minimum absolute atomic E-state index is 0.157. The van der Waals surface area contributed by atoms with Crippen LogP contribution in [0.2, 0.25) is 0 Å². The van der Waals surface area contributed by atoms with E-state index in [9.17, 15) is 0 Å². The fourth-order valence-electron chi connectivity index (χ4n) is 5.27. The van der Waals surface area contributed by atoms with Crippen molar-refractivity contribution in [2.75, 3.05) is 26.7 Å². The standard InChI is InChI=1S/C23H41N5/c1-16(24)22-15-27-13-9-12-21(27)14-28(22)19(4)23(20-10-7-6-8-11-20)26-18(3)17(2)25-5/h17,20-23,25-26H,1,3-4,6-15,24H2,2,5H3/t17-,21+,22-,23?/m0/s1. The molecule has 158 valence electrons. The third-order valence-corrected chi connectivity index (χ3v) is 7.26. The highest BCUT2D eigenvalue weighted by Crippen LogP contribution is 2.34. The average Bonchev–Trinajstić information content (AvgIpc) is 3.17. The van der Waals surface area contributed by atoms with Crippen LogP contribution in [0.3, 0.4) is 0 Å². The molecule has 2 heterocycles. The first kappa shape index (κ1) is 21.3. The molecule has 3 fully saturated rings. The Morgan fingerprint density at radius 1 is 1.04 bits per heavy atom. The number of piperazine rings is 1. The van der Waals surface area contributed by atoms with Gasteiger partial charge in [-0.15, -0.1) is 0 Å². The maximum Gasteiger partial charge on any atom is 0.0805 e. The summed E-state index contributed by atoms with van der Waals surface area (Å²) in [6, 6.07) is 1.23. The summed E-state index contributed by atoms with van der Waals surface area (Å²) >= 11 is 0. The van der Waals surface area contributed by atoms with E-state index in [-0.39, 0.29) is 18.1 Å². The zero-order valence-corrected chi connectivity index (χ0v) is 18.1. The third-order valence-electron chi connectivity index (χ3n) is 7.26. The van der Waals surface area contributed by atoms with Crippen LogP contribution in [0.4, 0.5) is 0 Å². The van der Waals surface area contributed by atoms with Crippen LogP contribution in [0.25, 0.3) is 0 Å².